The SMILES string of the molecule is CCCCN1C(=O)C(=O)/C(=C(\O)c2ccc(OCC)cc2OCC)C1c1ccc(OC)cc1. The molecule has 0 spiro atoms. The average Bonchev–Trinajstić information content (AvgIpc) is 3.08. The Labute approximate surface area is 194 Å². The lowest BCUT2D eigenvalue weighted by Gasteiger charge is -2.25. The molecule has 1 heterocycles. The van der Waals surface area contributed by atoms with E-state index in [-0.39, 0.29) is 11.3 Å². The number of unbranched alkanes of at least 4 members (excludes halogenated alkanes) is 1. The first-order valence-corrected chi connectivity index (χ1v) is 11.3. The average molecular weight is 454 g/mol. The second-order valence-corrected chi connectivity index (χ2v) is 7.64. The van der Waals surface area contributed by atoms with Gasteiger partial charge in [-0.1, -0.05) is 25.5 Å². The van der Waals surface area contributed by atoms with E-state index in [4.69, 9.17) is 14.2 Å². The molecule has 1 atom stereocenters. The Morgan fingerprint density at radius 3 is 2.24 bits per heavy atom. The summed E-state index contributed by atoms with van der Waals surface area (Å²) in [7, 11) is 1.57. The third-order valence-electron chi connectivity index (χ3n) is 5.54. The first kappa shape index (κ1) is 24.2. The number of aliphatic hydroxyl groups excluding tert-OH is 1. The van der Waals surface area contributed by atoms with Crippen molar-refractivity contribution in [3.63, 3.8) is 0 Å². The van der Waals surface area contributed by atoms with Gasteiger partial charge in [-0.2, -0.15) is 0 Å². The summed E-state index contributed by atoms with van der Waals surface area (Å²) in [5, 5.41) is 11.3. The summed E-state index contributed by atoms with van der Waals surface area (Å²) in [6.07, 6.45) is 1.61. The van der Waals surface area contributed by atoms with Crippen molar-refractivity contribution in [1.29, 1.82) is 0 Å². The minimum atomic E-state index is -0.708. The highest BCUT2D eigenvalue weighted by Crippen LogP contribution is 2.42. The number of nitrogens with zero attached hydrogens (tertiary/aromatic N) is 1. The summed E-state index contributed by atoms with van der Waals surface area (Å²) >= 11 is 0. The molecule has 0 aliphatic carbocycles. The molecule has 1 amide bonds. The Hall–Kier alpha value is -3.48. The maximum absolute atomic E-state index is 13.1. The van der Waals surface area contributed by atoms with Gasteiger partial charge < -0.3 is 24.2 Å². The second kappa shape index (κ2) is 10.9. The van der Waals surface area contributed by atoms with E-state index in [1.54, 1.807) is 37.4 Å². The molecule has 7 nitrogen and oxygen atoms in total. The fourth-order valence-corrected chi connectivity index (χ4v) is 3.95. The Bertz CT molecular complexity index is 1030. The van der Waals surface area contributed by atoms with Crippen molar-refractivity contribution >= 4 is 17.4 Å². The van der Waals surface area contributed by atoms with Crippen molar-refractivity contribution in [2.75, 3.05) is 26.9 Å². The lowest BCUT2D eigenvalue weighted by molar-refractivity contribution is -0.139. The van der Waals surface area contributed by atoms with Gasteiger partial charge in [-0.15, -0.1) is 0 Å². The Kier molecular flexibility index (Phi) is 7.98. The largest absolute Gasteiger partial charge is 0.507 e. The summed E-state index contributed by atoms with van der Waals surface area (Å²) in [4.78, 5) is 27.6. The number of carbonyl (C=O) groups excluding carboxylic acids is 2. The fraction of sp³-hybridized carbons (Fsp3) is 0.385. The smallest absolute Gasteiger partial charge is 0.295 e. The summed E-state index contributed by atoms with van der Waals surface area (Å²) in [6.45, 7) is 6.99. The molecular weight excluding hydrogens is 422 g/mol. The number of Topliss-reactive ketones (excluding diaryl/α,β-unsaturated/α-hetero) is 1. The highest BCUT2D eigenvalue weighted by molar-refractivity contribution is 6.46. The van der Waals surface area contributed by atoms with Gasteiger partial charge in [-0.25, -0.2) is 0 Å². The molecule has 0 bridgehead atoms. The number of methoxy groups -OCH3 is 1. The van der Waals surface area contributed by atoms with E-state index in [1.165, 1.54) is 4.90 Å². The Morgan fingerprint density at radius 1 is 0.970 bits per heavy atom. The van der Waals surface area contributed by atoms with Gasteiger partial charge in [-0.3, -0.25) is 9.59 Å². The van der Waals surface area contributed by atoms with Crippen molar-refractivity contribution in [3.05, 3.63) is 59.2 Å². The Morgan fingerprint density at radius 2 is 1.64 bits per heavy atom. The number of hydrogen-bond acceptors (Lipinski definition) is 6. The molecule has 2 aromatic carbocycles. The molecule has 1 aliphatic heterocycles. The zero-order valence-electron chi connectivity index (χ0n) is 19.6. The lowest BCUT2D eigenvalue weighted by atomic mass is 9.94. The van der Waals surface area contributed by atoms with E-state index < -0.39 is 17.7 Å². The van der Waals surface area contributed by atoms with Crippen LogP contribution in [0.5, 0.6) is 17.2 Å². The van der Waals surface area contributed by atoms with Crippen LogP contribution in [0.15, 0.2) is 48.0 Å². The molecular formula is C26H31NO6. The highest BCUT2D eigenvalue weighted by atomic mass is 16.5. The van der Waals surface area contributed by atoms with Crippen LogP contribution in [0.3, 0.4) is 0 Å². The predicted molar refractivity (Wildman–Crippen MR) is 126 cm³/mol. The van der Waals surface area contributed by atoms with Crippen LogP contribution in [0.1, 0.15) is 50.8 Å². The molecule has 0 saturated carbocycles. The molecule has 3 rings (SSSR count). The van der Waals surface area contributed by atoms with Crippen molar-refractivity contribution in [2.24, 2.45) is 0 Å². The predicted octanol–water partition coefficient (Wildman–Crippen LogP) is 4.71. The van der Waals surface area contributed by atoms with Crippen LogP contribution in [0.2, 0.25) is 0 Å². The number of rotatable bonds is 10. The van der Waals surface area contributed by atoms with E-state index in [0.29, 0.717) is 42.6 Å². The van der Waals surface area contributed by atoms with E-state index in [2.05, 4.69) is 0 Å². The van der Waals surface area contributed by atoms with Crippen LogP contribution < -0.4 is 14.2 Å². The normalized spacial score (nSPS) is 17.3. The standard InChI is InChI=1S/C26H31NO6/c1-5-8-15-27-23(17-9-11-18(31-4)12-10-17)22(25(29)26(27)30)24(28)20-14-13-19(32-6-2)16-21(20)33-7-3/h9-14,16,23,28H,5-8,15H2,1-4H3/b24-22-. The van der Waals surface area contributed by atoms with Gasteiger partial charge in [0.1, 0.15) is 23.0 Å². The van der Waals surface area contributed by atoms with Gasteiger partial charge in [0.05, 0.1) is 37.5 Å². The van der Waals surface area contributed by atoms with Gasteiger partial charge in [0.2, 0.25) is 0 Å². The van der Waals surface area contributed by atoms with Crippen molar-refractivity contribution < 1.29 is 28.9 Å². The first-order valence-electron chi connectivity index (χ1n) is 11.3. The summed E-state index contributed by atoms with van der Waals surface area (Å²) in [5.41, 5.74) is 1.11. The third kappa shape index (κ3) is 4.97. The quantitative estimate of drug-likeness (QED) is 0.318. The van der Waals surface area contributed by atoms with Crippen LogP contribution in [0.4, 0.5) is 0 Å². The molecule has 7 heteroatoms. The zero-order chi connectivity index (χ0) is 24.0. The maximum atomic E-state index is 13.1. The second-order valence-electron chi connectivity index (χ2n) is 7.64. The maximum Gasteiger partial charge on any atom is 0.295 e. The van der Waals surface area contributed by atoms with E-state index in [0.717, 1.165) is 18.4 Å². The molecule has 1 N–H and O–H groups in total. The molecule has 2 aromatic rings. The molecule has 1 unspecified atom stereocenters. The number of hydrogen-bond donors (Lipinski definition) is 1. The van der Waals surface area contributed by atoms with Crippen LogP contribution >= 0.6 is 0 Å². The number of amides is 1. The van der Waals surface area contributed by atoms with E-state index in [1.807, 2.05) is 32.9 Å². The van der Waals surface area contributed by atoms with Gasteiger partial charge in [0.15, 0.2) is 0 Å². The van der Waals surface area contributed by atoms with E-state index in [9.17, 15) is 14.7 Å². The molecule has 33 heavy (non-hydrogen) atoms. The summed E-state index contributed by atoms with van der Waals surface area (Å²) in [5.74, 6) is 0.0475. The number of benzene rings is 2. The monoisotopic (exact) mass is 453 g/mol. The molecule has 1 aliphatic rings. The lowest BCUT2D eigenvalue weighted by Crippen LogP contribution is -2.30. The minimum absolute atomic E-state index is 0.0476. The zero-order valence-corrected chi connectivity index (χ0v) is 19.6. The Balaban J connectivity index is 2.17. The highest BCUT2D eigenvalue weighted by Gasteiger charge is 2.46. The van der Waals surface area contributed by atoms with Crippen LogP contribution in [0.25, 0.3) is 5.76 Å². The first-order chi connectivity index (χ1) is 16.0. The van der Waals surface area contributed by atoms with Gasteiger partial charge in [-0.05, 0) is 50.1 Å². The van der Waals surface area contributed by atoms with Crippen molar-refractivity contribution in [3.8, 4) is 17.2 Å². The van der Waals surface area contributed by atoms with Gasteiger partial charge >= 0.3 is 0 Å². The number of carbonyl (C=O) groups is 2. The summed E-state index contributed by atoms with van der Waals surface area (Å²) < 4.78 is 16.5. The van der Waals surface area contributed by atoms with Crippen molar-refractivity contribution in [1.82, 2.24) is 4.90 Å². The molecule has 176 valence electrons. The topological polar surface area (TPSA) is 85.3 Å². The van der Waals surface area contributed by atoms with E-state index >= 15 is 0 Å². The minimum Gasteiger partial charge on any atom is -0.507 e. The third-order valence-corrected chi connectivity index (χ3v) is 5.54. The van der Waals surface area contributed by atoms with Gasteiger partial charge in [0.25, 0.3) is 11.7 Å². The van der Waals surface area contributed by atoms with Crippen LogP contribution in [-0.2, 0) is 9.59 Å². The molecule has 0 radical (unpaired) electrons. The fourth-order valence-electron chi connectivity index (χ4n) is 3.95. The molecule has 0 aromatic heterocycles. The van der Waals surface area contributed by atoms with Gasteiger partial charge in [0, 0.05) is 12.6 Å². The van der Waals surface area contributed by atoms with Crippen LogP contribution in [-0.4, -0.2) is 48.6 Å². The number of aliphatic hydroxyl groups is 1. The number of ketones is 1. The molecule has 1 fully saturated rings. The van der Waals surface area contributed by atoms with Crippen LogP contribution in [0, 0.1) is 0 Å². The van der Waals surface area contributed by atoms with Crippen molar-refractivity contribution in [2.45, 2.75) is 39.7 Å². The number of likely N-dealkylation sites (tertiary alicyclic amines) is 1. The molecule has 1 saturated heterocycles. The number of ether oxygens (including phenoxy) is 3. The summed E-state index contributed by atoms with van der Waals surface area (Å²) in [6, 6.07) is 11.5.